The van der Waals surface area contributed by atoms with Crippen LogP contribution in [-0.4, -0.2) is 26.3 Å². The number of aromatic nitrogens is 3. The molecule has 0 bridgehead atoms. The molecule has 0 unspecified atom stereocenters. The Morgan fingerprint density at radius 3 is 3.06 bits per heavy atom. The van der Waals surface area contributed by atoms with Crippen LogP contribution in [0.3, 0.4) is 0 Å². The second-order valence-corrected chi connectivity index (χ2v) is 4.42. The van der Waals surface area contributed by atoms with E-state index in [0.717, 1.165) is 11.1 Å². The molecule has 6 nitrogen and oxygen atoms in total. The smallest absolute Gasteiger partial charge is 0.231 e. The molecule has 2 aromatic heterocycles. The van der Waals surface area contributed by atoms with Crippen molar-refractivity contribution in [3.8, 4) is 5.88 Å². The Labute approximate surface area is 100 Å². The molecule has 3 rings (SSSR count). The average molecular weight is 245 g/mol. The Morgan fingerprint density at radius 2 is 2.29 bits per heavy atom. The predicted octanol–water partition coefficient (Wildman–Crippen LogP) is 1.48. The lowest BCUT2D eigenvalue weighted by Crippen LogP contribution is -1.83. The fourth-order valence-electron chi connectivity index (χ4n) is 1.52. The number of nitrogens with zero attached hydrogens (tertiary/aromatic N) is 4. The Bertz CT molecular complexity index is 646. The summed E-state index contributed by atoms with van der Waals surface area (Å²) in [5.41, 5.74) is 7.17. The number of anilines is 1. The molecule has 84 valence electrons. The number of hydrogen-bond donors (Lipinski definition) is 2. The lowest BCUT2D eigenvalue weighted by Gasteiger charge is -1.96. The van der Waals surface area contributed by atoms with Crippen molar-refractivity contribution in [2.45, 2.75) is 0 Å². The molecule has 7 heteroatoms. The molecule has 0 fully saturated rings. The molecule has 0 aromatic carbocycles. The van der Waals surface area contributed by atoms with Crippen LogP contribution in [0.5, 0.6) is 5.88 Å². The monoisotopic (exact) mass is 245 g/mol. The van der Waals surface area contributed by atoms with E-state index in [1.165, 1.54) is 17.7 Å². The molecular formula is C10H7N5OS. The van der Waals surface area contributed by atoms with Crippen LogP contribution in [0.1, 0.15) is 10.4 Å². The summed E-state index contributed by atoms with van der Waals surface area (Å²) in [7, 11) is 0. The van der Waals surface area contributed by atoms with Crippen LogP contribution in [0.15, 0.2) is 17.5 Å². The number of allylic oxidation sites excluding steroid dienone is 1. The van der Waals surface area contributed by atoms with E-state index in [9.17, 15) is 5.11 Å². The molecular weight excluding hydrogens is 238 g/mol. The van der Waals surface area contributed by atoms with Gasteiger partial charge in [0, 0.05) is 23.5 Å². The van der Waals surface area contributed by atoms with Crippen LogP contribution in [0.4, 0.5) is 10.9 Å². The lowest BCUT2D eigenvalue weighted by molar-refractivity contribution is 0.457. The highest BCUT2D eigenvalue weighted by Gasteiger charge is 2.15. The van der Waals surface area contributed by atoms with E-state index in [-0.39, 0.29) is 5.88 Å². The van der Waals surface area contributed by atoms with E-state index in [2.05, 4.69) is 19.9 Å². The second kappa shape index (κ2) is 3.63. The van der Waals surface area contributed by atoms with Gasteiger partial charge in [0.05, 0.1) is 4.88 Å². The number of hydrogen-bond acceptors (Lipinski definition) is 7. The number of nitrogens with two attached hydrogens (primary N) is 1. The number of aromatic hydroxyl groups is 1. The quantitative estimate of drug-likeness (QED) is 0.793. The van der Waals surface area contributed by atoms with E-state index < -0.39 is 0 Å². The molecule has 0 saturated carbocycles. The number of fused-ring (bicyclic) bond motifs is 1. The van der Waals surface area contributed by atoms with Crippen molar-refractivity contribution >= 4 is 40.1 Å². The summed E-state index contributed by atoms with van der Waals surface area (Å²) in [6.45, 7) is 0. The summed E-state index contributed by atoms with van der Waals surface area (Å²) < 4.78 is 0. The van der Waals surface area contributed by atoms with Gasteiger partial charge in [-0.25, -0.2) is 15.0 Å². The molecule has 0 saturated heterocycles. The summed E-state index contributed by atoms with van der Waals surface area (Å²) in [4.78, 5) is 16.5. The van der Waals surface area contributed by atoms with Gasteiger partial charge in [-0.1, -0.05) is 11.3 Å². The molecule has 3 heterocycles. The van der Waals surface area contributed by atoms with E-state index in [1.807, 2.05) is 0 Å². The van der Waals surface area contributed by atoms with Crippen molar-refractivity contribution in [3.63, 3.8) is 0 Å². The van der Waals surface area contributed by atoms with E-state index in [4.69, 9.17) is 5.73 Å². The van der Waals surface area contributed by atoms with Crippen LogP contribution < -0.4 is 5.73 Å². The van der Waals surface area contributed by atoms with Crippen molar-refractivity contribution in [1.82, 2.24) is 15.0 Å². The fourth-order valence-corrected chi connectivity index (χ4v) is 2.20. The van der Waals surface area contributed by atoms with Crippen molar-refractivity contribution in [3.05, 3.63) is 23.0 Å². The predicted molar refractivity (Wildman–Crippen MR) is 66.2 cm³/mol. The van der Waals surface area contributed by atoms with Crippen LogP contribution in [-0.2, 0) is 0 Å². The summed E-state index contributed by atoms with van der Waals surface area (Å²) >= 11 is 1.21. The van der Waals surface area contributed by atoms with Gasteiger partial charge in [0.15, 0.2) is 10.9 Å². The SMILES string of the molecule is Nc1nc(O)c(C=C2C=Nc3ncncc32)s1. The van der Waals surface area contributed by atoms with Gasteiger partial charge in [-0.2, -0.15) is 4.98 Å². The molecule has 0 radical (unpaired) electrons. The number of rotatable bonds is 1. The number of aliphatic imine (C=N–C) groups is 1. The first kappa shape index (κ1) is 9.91. The molecule has 0 aliphatic carbocycles. The van der Waals surface area contributed by atoms with Crippen molar-refractivity contribution in [2.24, 2.45) is 4.99 Å². The standard InChI is InChI=1S/C10H7N5OS/c11-10-15-9(16)7(17-10)1-5-2-13-8-6(5)3-12-4-14-8/h1-4,16H,(H2,11,15). The summed E-state index contributed by atoms with van der Waals surface area (Å²) in [5, 5.41) is 9.87. The highest BCUT2D eigenvalue weighted by Crippen LogP contribution is 2.34. The maximum atomic E-state index is 9.54. The zero-order valence-corrected chi connectivity index (χ0v) is 9.35. The van der Waals surface area contributed by atoms with Crippen LogP contribution in [0, 0.1) is 0 Å². The van der Waals surface area contributed by atoms with Gasteiger partial charge in [0.25, 0.3) is 0 Å². The maximum Gasteiger partial charge on any atom is 0.231 e. The number of thiazole rings is 1. The topological polar surface area (TPSA) is 97.3 Å². The van der Waals surface area contributed by atoms with Gasteiger partial charge in [-0.15, -0.1) is 0 Å². The highest BCUT2D eigenvalue weighted by atomic mass is 32.1. The van der Waals surface area contributed by atoms with E-state index >= 15 is 0 Å². The highest BCUT2D eigenvalue weighted by molar-refractivity contribution is 7.16. The summed E-state index contributed by atoms with van der Waals surface area (Å²) in [6.07, 6.45) is 6.57. The average Bonchev–Trinajstić information content (AvgIpc) is 2.85. The molecule has 0 spiro atoms. The van der Waals surface area contributed by atoms with Crippen molar-refractivity contribution in [1.29, 1.82) is 0 Å². The fraction of sp³-hybridized carbons (Fsp3) is 0. The van der Waals surface area contributed by atoms with Gasteiger partial charge in [0.2, 0.25) is 5.88 Å². The Balaban J connectivity index is 2.08. The van der Waals surface area contributed by atoms with Gasteiger partial charge < -0.3 is 10.8 Å². The third kappa shape index (κ3) is 1.66. The molecule has 0 atom stereocenters. The van der Waals surface area contributed by atoms with Crippen molar-refractivity contribution < 1.29 is 5.11 Å². The normalized spacial score (nSPS) is 15.4. The third-order valence-corrected chi connectivity index (χ3v) is 3.09. The number of nitrogen functional groups attached to an aromatic ring is 1. The first-order valence-corrected chi connectivity index (χ1v) is 5.57. The second-order valence-electron chi connectivity index (χ2n) is 3.36. The summed E-state index contributed by atoms with van der Waals surface area (Å²) in [6, 6.07) is 0. The molecule has 2 aromatic rings. The Kier molecular flexibility index (Phi) is 2.12. The van der Waals surface area contributed by atoms with Gasteiger partial charge >= 0.3 is 0 Å². The zero-order chi connectivity index (χ0) is 11.8. The molecule has 0 amide bonds. The molecule has 17 heavy (non-hydrogen) atoms. The van der Waals surface area contributed by atoms with Gasteiger partial charge in [-0.05, 0) is 6.08 Å². The Hall–Kier alpha value is -2.28. The molecule has 1 aliphatic rings. The van der Waals surface area contributed by atoms with E-state index in [1.54, 1.807) is 18.5 Å². The van der Waals surface area contributed by atoms with Crippen LogP contribution in [0.25, 0.3) is 11.6 Å². The Morgan fingerprint density at radius 1 is 1.41 bits per heavy atom. The first-order chi connectivity index (χ1) is 8.24. The molecule has 3 N–H and O–H groups in total. The summed E-state index contributed by atoms with van der Waals surface area (Å²) in [5.74, 6) is 0.557. The first-order valence-electron chi connectivity index (χ1n) is 4.75. The minimum Gasteiger partial charge on any atom is -0.492 e. The maximum absolute atomic E-state index is 9.54. The third-order valence-electron chi connectivity index (χ3n) is 2.27. The lowest BCUT2D eigenvalue weighted by atomic mass is 10.1. The van der Waals surface area contributed by atoms with Crippen LogP contribution in [0.2, 0.25) is 0 Å². The van der Waals surface area contributed by atoms with Gasteiger partial charge in [-0.3, -0.25) is 0 Å². The largest absolute Gasteiger partial charge is 0.492 e. The van der Waals surface area contributed by atoms with Crippen LogP contribution >= 0.6 is 11.3 Å². The van der Waals surface area contributed by atoms with E-state index in [0.29, 0.717) is 15.8 Å². The van der Waals surface area contributed by atoms with Gasteiger partial charge in [0.1, 0.15) is 6.33 Å². The minimum absolute atomic E-state index is 0.0706. The molecule has 1 aliphatic heterocycles. The van der Waals surface area contributed by atoms with Crippen molar-refractivity contribution in [2.75, 3.05) is 5.73 Å². The minimum atomic E-state index is -0.0706. The zero-order valence-electron chi connectivity index (χ0n) is 8.53.